The maximum atomic E-state index is 12.1. The molecular formula is C7H6F3O5S3-. The molecule has 0 heterocycles. The summed E-state index contributed by atoms with van der Waals surface area (Å²) < 4.78 is 60.2. The number of halogens is 3. The van der Waals surface area contributed by atoms with Crippen LogP contribution in [0.15, 0.2) is 11.3 Å². The number of thiol groups is 2. The van der Waals surface area contributed by atoms with Crippen LogP contribution in [-0.2, 0) is 19.1 Å². The highest BCUT2D eigenvalue weighted by Gasteiger charge is 2.50. The van der Waals surface area contributed by atoms with Gasteiger partial charge >= 0.3 is 15.6 Å². The molecule has 0 unspecified atom stereocenters. The number of carboxylic acid groups (broad SMARTS) is 1. The van der Waals surface area contributed by atoms with E-state index in [2.05, 4.69) is 29.4 Å². The number of rotatable bonds is 3. The van der Waals surface area contributed by atoms with Crippen molar-refractivity contribution >= 4 is 41.3 Å². The molecule has 0 aromatic carbocycles. The highest BCUT2D eigenvalue weighted by molar-refractivity contribution is 8.00. The van der Waals surface area contributed by atoms with Crippen molar-refractivity contribution in [2.45, 2.75) is 22.4 Å². The molecule has 11 heteroatoms. The molecule has 0 amide bonds. The summed E-state index contributed by atoms with van der Waals surface area (Å²) in [4.78, 5) is 10.6. The predicted molar refractivity (Wildman–Crippen MR) is 58.0 cm³/mol. The lowest BCUT2D eigenvalue weighted by molar-refractivity contribution is -0.299. The van der Waals surface area contributed by atoms with E-state index in [0.29, 0.717) is 0 Å². The van der Waals surface area contributed by atoms with E-state index < -0.39 is 43.4 Å². The molecule has 0 aromatic heterocycles. The normalized spacial score (nSPS) is 20.1. The van der Waals surface area contributed by atoms with Crippen molar-refractivity contribution in [3.05, 3.63) is 11.3 Å². The first kappa shape index (κ1) is 15.5. The Bertz CT molecular complexity index is 505. The lowest BCUT2D eigenvalue weighted by Gasteiger charge is -2.15. The molecule has 104 valence electrons. The first-order chi connectivity index (χ1) is 7.86. The fourth-order valence-electron chi connectivity index (χ4n) is 1.25. The summed E-state index contributed by atoms with van der Waals surface area (Å²) >= 11 is 7.72. The van der Waals surface area contributed by atoms with Gasteiger partial charge in [-0.15, -0.1) is 0 Å². The van der Waals surface area contributed by atoms with Crippen LogP contribution >= 0.6 is 25.3 Å². The van der Waals surface area contributed by atoms with Gasteiger partial charge in [0.2, 0.25) is 0 Å². The predicted octanol–water partition coefficient (Wildman–Crippen LogP) is 0.206. The number of carboxylic acids is 1. The molecule has 5 nitrogen and oxygen atoms in total. The van der Waals surface area contributed by atoms with Gasteiger partial charge in [0, 0.05) is 18.4 Å². The van der Waals surface area contributed by atoms with Gasteiger partial charge < -0.3 is 14.1 Å². The molecule has 0 bridgehead atoms. The number of allylic oxidation sites excluding steroid dienone is 1. The Balaban J connectivity index is 3.10. The van der Waals surface area contributed by atoms with Crippen LogP contribution in [0.3, 0.4) is 0 Å². The van der Waals surface area contributed by atoms with Gasteiger partial charge in [-0.3, -0.25) is 0 Å². The average Bonchev–Trinajstić information content (AvgIpc) is 2.38. The van der Waals surface area contributed by atoms with E-state index in [9.17, 15) is 31.5 Å². The molecule has 0 saturated carbocycles. The smallest absolute Gasteiger partial charge is 0.534 e. The minimum absolute atomic E-state index is 0.385. The van der Waals surface area contributed by atoms with Crippen molar-refractivity contribution in [3.8, 4) is 0 Å². The molecule has 0 spiro atoms. The van der Waals surface area contributed by atoms with Crippen molar-refractivity contribution in [1.82, 2.24) is 0 Å². The zero-order chi connectivity index (χ0) is 14.4. The Labute approximate surface area is 111 Å². The fourth-order valence-corrected chi connectivity index (χ4v) is 2.38. The van der Waals surface area contributed by atoms with Gasteiger partial charge in [0.05, 0.1) is 10.0 Å². The second-order valence-electron chi connectivity index (χ2n) is 3.51. The van der Waals surface area contributed by atoms with Crippen LogP contribution in [0.25, 0.3) is 0 Å². The van der Waals surface area contributed by atoms with Crippen molar-refractivity contribution in [2.24, 2.45) is 0 Å². The van der Waals surface area contributed by atoms with E-state index in [1.807, 2.05) is 0 Å². The Morgan fingerprint density at radius 3 is 2.22 bits per heavy atom. The first-order valence-corrected chi connectivity index (χ1v) is 6.55. The third-order valence-electron chi connectivity index (χ3n) is 1.98. The largest absolute Gasteiger partial charge is 0.545 e. The second kappa shape index (κ2) is 4.53. The molecule has 1 aliphatic rings. The molecule has 0 saturated heterocycles. The summed E-state index contributed by atoms with van der Waals surface area (Å²) in [6, 6.07) is 0. The topological polar surface area (TPSA) is 83.5 Å². The zero-order valence-corrected chi connectivity index (χ0v) is 11.0. The molecule has 1 aliphatic carbocycles. The van der Waals surface area contributed by atoms with Gasteiger partial charge in [0.15, 0.2) is 0 Å². The van der Waals surface area contributed by atoms with E-state index in [1.54, 1.807) is 0 Å². The number of alkyl halides is 3. The SMILES string of the molecule is O=C([O-])C1=C(OS(=O)(=O)C(F)(F)F)CC(S)(S)C1. The van der Waals surface area contributed by atoms with Crippen molar-refractivity contribution in [2.75, 3.05) is 0 Å². The quantitative estimate of drug-likeness (QED) is 0.336. The molecule has 0 fully saturated rings. The molecule has 0 atom stereocenters. The van der Waals surface area contributed by atoms with Crippen LogP contribution in [0.1, 0.15) is 12.8 Å². The average molecular weight is 323 g/mol. The zero-order valence-electron chi connectivity index (χ0n) is 8.39. The lowest BCUT2D eigenvalue weighted by atomic mass is 10.2. The van der Waals surface area contributed by atoms with Crippen LogP contribution in [0, 0.1) is 0 Å². The number of carbonyl (C=O) groups is 1. The number of aliphatic carboxylic acids is 1. The molecule has 18 heavy (non-hydrogen) atoms. The standard InChI is InChI=1S/C7H7F3O5S3/c8-7(9,10)18(13,14)15-4-2-6(16,17)1-3(4)5(11)12/h16-17H,1-2H2,(H,11,12)/p-1. The molecule has 1 rings (SSSR count). The molecule has 0 aromatic rings. The summed E-state index contributed by atoms with van der Waals surface area (Å²) in [6.45, 7) is 0. The van der Waals surface area contributed by atoms with Crippen molar-refractivity contribution in [1.29, 1.82) is 0 Å². The van der Waals surface area contributed by atoms with Crippen molar-refractivity contribution < 1.29 is 35.7 Å². The van der Waals surface area contributed by atoms with E-state index in [0.717, 1.165) is 0 Å². The second-order valence-corrected chi connectivity index (χ2v) is 7.11. The lowest BCUT2D eigenvalue weighted by Crippen LogP contribution is -2.28. The highest BCUT2D eigenvalue weighted by Crippen LogP contribution is 2.44. The Morgan fingerprint density at radius 2 is 1.83 bits per heavy atom. The Hall–Kier alpha value is -0.550. The Morgan fingerprint density at radius 1 is 1.33 bits per heavy atom. The maximum Gasteiger partial charge on any atom is 0.534 e. The van der Waals surface area contributed by atoms with Gasteiger partial charge in [-0.1, -0.05) is 0 Å². The number of carbonyl (C=O) groups excluding carboxylic acids is 1. The number of hydrogen-bond donors (Lipinski definition) is 2. The van der Waals surface area contributed by atoms with E-state index in [-0.39, 0.29) is 6.42 Å². The summed E-state index contributed by atoms with van der Waals surface area (Å²) in [5.41, 5.74) is -6.34. The third kappa shape index (κ3) is 3.26. The monoisotopic (exact) mass is 323 g/mol. The van der Waals surface area contributed by atoms with E-state index in [1.165, 1.54) is 0 Å². The van der Waals surface area contributed by atoms with Crippen LogP contribution in [-0.4, -0.2) is 24.0 Å². The summed E-state index contributed by atoms with van der Waals surface area (Å²) in [5, 5.41) is 10.6. The van der Waals surface area contributed by atoms with Crippen molar-refractivity contribution in [3.63, 3.8) is 0 Å². The Kier molecular flexibility index (Phi) is 3.90. The highest BCUT2D eigenvalue weighted by atomic mass is 32.2. The van der Waals surface area contributed by atoms with E-state index in [4.69, 9.17) is 0 Å². The van der Waals surface area contributed by atoms with Crippen LogP contribution in [0.4, 0.5) is 13.2 Å². The minimum atomic E-state index is -5.91. The third-order valence-corrected chi connectivity index (χ3v) is 3.60. The van der Waals surface area contributed by atoms with Crippen LogP contribution in [0.2, 0.25) is 0 Å². The summed E-state index contributed by atoms with van der Waals surface area (Å²) in [7, 11) is -5.91. The van der Waals surface area contributed by atoms with Crippen LogP contribution < -0.4 is 5.11 Å². The van der Waals surface area contributed by atoms with Gasteiger partial charge in [0.25, 0.3) is 0 Å². The molecular weight excluding hydrogens is 317 g/mol. The molecule has 0 radical (unpaired) electrons. The van der Waals surface area contributed by atoms with E-state index >= 15 is 0 Å². The summed E-state index contributed by atoms with van der Waals surface area (Å²) in [5.74, 6) is -2.69. The van der Waals surface area contributed by atoms with Crippen LogP contribution in [0.5, 0.6) is 0 Å². The molecule has 0 N–H and O–H groups in total. The fraction of sp³-hybridized carbons (Fsp3) is 0.571. The van der Waals surface area contributed by atoms with Gasteiger partial charge in [-0.25, -0.2) is 0 Å². The minimum Gasteiger partial charge on any atom is -0.545 e. The van der Waals surface area contributed by atoms with Gasteiger partial charge in [0.1, 0.15) is 5.76 Å². The maximum absolute atomic E-state index is 12.1. The number of hydrogen-bond acceptors (Lipinski definition) is 7. The molecule has 0 aliphatic heterocycles. The van der Waals surface area contributed by atoms with Gasteiger partial charge in [-0.05, 0) is 0 Å². The first-order valence-electron chi connectivity index (χ1n) is 4.24. The van der Waals surface area contributed by atoms with Gasteiger partial charge in [-0.2, -0.15) is 46.8 Å². The summed E-state index contributed by atoms with van der Waals surface area (Å²) in [6.07, 6.45) is -0.873.